The van der Waals surface area contributed by atoms with Crippen LogP contribution in [-0.2, 0) is 61.7 Å². The number of ether oxygens (including phenoxy) is 11. The molecular formula is C30H58O13. The fraction of sp³-hybridized carbons (Fsp3) is 0.933. The highest BCUT2D eigenvalue weighted by molar-refractivity contribution is 5.72. The Kier molecular flexibility index (Phi) is 33.9. The van der Waals surface area contributed by atoms with E-state index in [1.807, 2.05) is 6.92 Å². The number of carbonyl (C=O) groups excluding carboxylic acids is 2. The SMILES string of the molecule is CCCCC(CC)C(=O)OCCOCCOCCOCCOCCOCCOCCOCCOCCOCCC(=O)OC. The number of esters is 2. The lowest BCUT2D eigenvalue weighted by Gasteiger charge is -2.13. The standard InChI is InChI=1S/C30H58O13/c1-4-6-7-28(5-2)30(32)43-27-26-42-25-24-41-23-22-40-21-20-39-19-18-38-17-16-37-15-14-36-13-12-35-11-10-34-9-8-29(31)33-3/h28H,4-27H2,1-3H3. The maximum Gasteiger partial charge on any atom is 0.308 e. The lowest BCUT2D eigenvalue weighted by Crippen LogP contribution is -2.20. The molecule has 0 aliphatic carbocycles. The van der Waals surface area contributed by atoms with Crippen molar-refractivity contribution in [2.24, 2.45) is 5.92 Å². The molecule has 0 aliphatic rings. The van der Waals surface area contributed by atoms with Crippen molar-refractivity contribution in [2.75, 3.05) is 133 Å². The van der Waals surface area contributed by atoms with E-state index in [9.17, 15) is 9.59 Å². The van der Waals surface area contributed by atoms with Gasteiger partial charge in [0.25, 0.3) is 0 Å². The van der Waals surface area contributed by atoms with Crippen molar-refractivity contribution in [1.29, 1.82) is 0 Å². The summed E-state index contributed by atoms with van der Waals surface area (Å²) in [6.45, 7) is 12.7. The molecule has 0 spiro atoms. The quantitative estimate of drug-likeness (QED) is 0.0753. The highest BCUT2D eigenvalue weighted by atomic mass is 16.6. The van der Waals surface area contributed by atoms with E-state index in [4.69, 9.17) is 47.4 Å². The van der Waals surface area contributed by atoms with E-state index in [2.05, 4.69) is 11.7 Å². The molecule has 0 saturated carbocycles. The molecule has 256 valence electrons. The van der Waals surface area contributed by atoms with Crippen molar-refractivity contribution in [3.05, 3.63) is 0 Å². The minimum atomic E-state index is -0.287. The Morgan fingerprint density at radius 2 is 0.814 bits per heavy atom. The zero-order chi connectivity index (χ0) is 31.5. The molecule has 0 fully saturated rings. The summed E-state index contributed by atoms with van der Waals surface area (Å²) in [5, 5.41) is 0. The maximum atomic E-state index is 12.0. The van der Waals surface area contributed by atoms with Gasteiger partial charge in [0.15, 0.2) is 0 Å². The van der Waals surface area contributed by atoms with Crippen LogP contribution in [0.15, 0.2) is 0 Å². The Hall–Kier alpha value is -1.42. The average molecular weight is 627 g/mol. The van der Waals surface area contributed by atoms with E-state index in [1.165, 1.54) is 7.11 Å². The Bertz CT molecular complexity index is 594. The topological polar surface area (TPSA) is 136 Å². The van der Waals surface area contributed by atoms with Gasteiger partial charge in [-0.05, 0) is 12.8 Å². The molecule has 0 heterocycles. The Balaban J connectivity index is 3.16. The van der Waals surface area contributed by atoms with Crippen molar-refractivity contribution in [1.82, 2.24) is 0 Å². The zero-order valence-corrected chi connectivity index (χ0v) is 26.9. The van der Waals surface area contributed by atoms with Gasteiger partial charge >= 0.3 is 11.9 Å². The summed E-state index contributed by atoms with van der Waals surface area (Å²) in [4.78, 5) is 22.9. The van der Waals surface area contributed by atoms with Crippen LogP contribution in [0.4, 0.5) is 0 Å². The number of carbonyl (C=O) groups is 2. The first-order chi connectivity index (χ1) is 21.2. The molecule has 0 bridgehead atoms. The summed E-state index contributed by atoms with van der Waals surface area (Å²) in [5.41, 5.74) is 0. The molecule has 0 aromatic carbocycles. The van der Waals surface area contributed by atoms with Crippen LogP contribution in [0, 0.1) is 5.92 Å². The third-order valence-corrected chi connectivity index (χ3v) is 5.86. The van der Waals surface area contributed by atoms with E-state index in [0.29, 0.717) is 119 Å². The second-order valence-corrected chi connectivity index (χ2v) is 9.25. The Morgan fingerprint density at radius 3 is 1.12 bits per heavy atom. The minimum absolute atomic E-state index is 0.00535. The van der Waals surface area contributed by atoms with Crippen molar-refractivity contribution in [2.45, 2.75) is 46.0 Å². The normalized spacial score (nSPS) is 12.0. The molecule has 0 N–H and O–H groups in total. The van der Waals surface area contributed by atoms with Crippen LogP contribution < -0.4 is 0 Å². The van der Waals surface area contributed by atoms with Crippen LogP contribution >= 0.6 is 0 Å². The molecule has 1 unspecified atom stereocenters. The van der Waals surface area contributed by atoms with Gasteiger partial charge in [0.1, 0.15) is 6.61 Å². The molecular weight excluding hydrogens is 568 g/mol. The lowest BCUT2D eigenvalue weighted by molar-refractivity contribution is -0.150. The summed E-state index contributed by atoms with van der Waals surface area (Å²) < 4.78 is 58.6. The van der Waals surface area contributed by atoms with Crippen molar-refractivity contribution < 1.29 is 61.7 Å². The third-order valence-electron chi connectivity index (χ3n) is 5.86. The van der Waals surface area contributed by atoms with Crippen LogP contribution in [0.1, 0.15) is 46.0 Å². The Morgan fingerprint density at radius 1 is 0.488 bits per heavy atom. The van der Waals surface area contributed by atoms with Crippen LogP contribution in [0.5, 0.6) is 0 Å². The number of rotatable bonds is 35. The van der Waals surface area contributed by atoms with Gasteiger partial charge in [-0.25, -0.2) is 0 Å². The molecule has 0 saturated heterocycles. The highest BCUT2D eigenvalue weighted by Gasteiger charge is 2.16. The van der Waals surface area contributed by atoms with Gasteiger partial charge in [-0.15, -0.1) is 0 Å². The molecule has 0 amide bonds. The number of methoxy groups -OCH3 is 1. The second-order valence-electron chi connectivity index (χ2n) is 9.25. The molecule has 0 aliphatic heterocycles. The molecule has 13 nitrogen and oxygen atoms in total. The first kappa shape index (κ1) is 41.6. The zero-order valence-electron chi connectivity index (χ0n) is 26.9. The monoisotopic (exact) mass is 626 g/mol. The van der Waals surface area contributed by atoms with Crippen LogP contribution in [0.2, 0.25) is 0 Å². The fourth-order valence-electron chi connectivity index (χ4n) is 3.38. The van der Waals surface area contributed by atoms with E-state index >= 15 is 0 Å². The van der Waals surface area contributed by atoms with Gasteiger partial charge in [-0.3, -0.25) is 9.59 Å². The summed E-state index contributed by atoms with van der Waals surface area (Å²) >= 11 is 0. The second kappa shape index (κ2) is 35.1. The number of hydrogen-bond donors (Lipinski definition) is 0. The summed E-state index contributed by atoms with van der Waals surface area (Å²) in [7, 11) is 1.35. The smallest absolute Gasteiger partial charge is 0.308 e. The predicted octanol–water partition coefficient (Wildman–Crippen LogP) is 2.46. The predicted molar refractivity (Wildman–Crippen MR) is 158 cm³/mol. The van der Waals surface area contributed by atoms with E-state index in [0.717, 1.165) is 25.7 Å². The van der Waals surface area contributed by atoms with E-state index in [-0.39, 0.29) is 30.9 Å². The average Bonchev–Trinajstić information content (AvgIpc) is 3.02. The molecule has 43 heavy (non-hydrogen) atoms. The van der Waals surface area contributed by atoms with Crippen molar-refractivity contribution >= 4 is 11.9 Å². The first-order valence-electron chi connectivity index (χ1n) is 15.6. The van der Waals surface area contributed by atoms with Gasteiger partial charge in [0.2, 0.25) is 0 Å². The summed E-state index contributed by atoms with van der Waals surface area (Å²) in [6, 6.07) is 0. The van der Waals surface area contributed by atoms with E-state index < -0.39 is 0 Å². The lowest BCUT2D eigenvalue weighted by atomic mass is 10.00. The van der Waals surface area contributed by atoms with Crippen molar-refractivity contribution in [3.8, 4) is 0 Å². The van der Waals surface area contributed by atoms with Crippen LogP contribution in [0.3, 0.4) is 0 Å². The summed E-state index contributed by atoms with van der Waals surface area (Å²) in [5.74, 6) is -0.416. The maximum absolute atomic E-state index is 12.0. The molecule has 0 aromatic heterocycles. The number of unbranched alkanes of at least 4 members (excludes halogenated alkanes) is 1. The first-order valence-corrected chi connectivity index (χ1v) is 15.6. The third kappa shape index (κ3) is 31.8. The van der Waals surface area contributed by atoms with Gasteiger partial charge in [0, 0.05) is 0 Å². The van der Waals surface area contributed by atoms with Gasteiger partial charge in [-0.1, -0.05) is 26.7 Å². The minimum Gasteiger partial charge on any atom is -0.469 e. The van der Waals surface area contributed by atoms with E-state index in [1.54, 1.807) is 0 Å². The Labute approximate surface area is 258 Å². The molecule has 0 rings (SSSR count). The summed E-state index contributed by atoms with van der Waals surface area (Å²) in [6.07, 6.45) is 4.07. The van der Waals surface area contributed by atoms with Gasteiger partial charge in [-0.2, -0.15) is 0 Å². The van der Waals surface area contributed by atoms with Crippen LogP contribution in [0.25, 0.3) is 0 Å². The highest BCUT2D eigenvalue weighted by Crippen LogP contribution is 2.14. The van der Waals surface area contributed by atoms with Crippen LogP contribution in [-0.4, -0.2) is 145 Å². The number of hydrogen-bond acceptors (Lipinski definition) is 13. The molecule has 1 atom stereocenters. The van der Waals surface area contributed by atoms with Gasteiger partial charge < -0.3 is 52.1 Å². The molecule has 13 heteroatoms. The molecule has 0 radical (unpaired) electrons. The fourth-order valence-corrected chi connectivity index (χ4v) is 3.38. The van der Waals surface area contributed by atoms with Gasteiger partial charge in [0.05, 0.1) is 138 Å². The molecule has 0 aromatic rings. The van der Waals surface area contributed by atoms with Crippen molar-refractivity contribution in [3.63, 3.8) is 0 Å². The largest absolute Gasteiger partial charge is 0.469 e.